The van der Waals surface area contributed by atoms with Crippen LogP contribution >= 0.6 is 0 Å². The number of nitrogens with zero attached hydrogens (tertiary/aromatic N) is 1. The van der Waals surface area contributed by atoms with Crippen molar-refractivity contribution < 1.29 is 27.5 Å². The highest BCUT2D eigenvalue weighted by Gasteiger charge is 2.46. The third-order valence-electron chi connectivity index (χ3n) is 5.96. The quantitative estimate of drug-likeness (QED) is 0.440. The number of methoxy groups -OCH3 is 1. The average molecular weight is 484 g/mol. The molecule has 9 nitrogen and oxygen atoms in total. The summed E-state index contributed by atoms with van der Waals surface area (Å²) in [4.78, 5) is 38.6. The molecule has 178 valence electrons. The normalized spacial score (nSPS) is 19.6. The number of allylic oxidation sites excluding steroid dienone is 2. The Bertz CT molecular complexity index is 1210. The highest BCUT2D eigenvalue weighted by Crippen LogP contribution is 2.35. The molecular weight excluding hydrogens is 458 g/mol. The van der Waals surface area contributed by atoms with Crippen LogP contribution in [0.1, 0.15) is 19.3 Å². The number of amides is 3. The third kappa shape index (κ3) is 4.81. The van der Waals surface area contributed by atoms with Crippen LogP contribution in [0.2, 0.25) is 0 Å². The van der Waals surface area contributed by atoms with Crippen molar-refractivity contribution in [3.8, 4) is 5.75 Å². The van der Waals surface area contributed by atoms with Gasteiger partial charge in [0.1, 0.15) is 5.75 Å². The van der Waals surface area contributed by atoms with Crippen LogP contribution in [0, 0.1) is 11.8 Å². The molecule has 10 heteroatoms. The van der Waals surface area contributed by atoms with E-state index in [2.05, 4.69) is 10.0 Å². The van der Waals surface area contributed by atoms with E-state index in [0.717, 1.165) is 0 Å². The van der Waals surface area contributed by atoms with Crippen LogP contribution in [0.5, 0.6) is 5.75 Å². The van der Waals surface area contributed by atoms with Crippen molar-refractivity contribution in [1.82, 2.24) is 4.90 Å². The molecule has 3 amide bonds. The van der Waals surface area contributed by atoms with Crippen molar-refractivity contribution in [1.29, 1.82) is 0 Å². The predicted molar refractivity (Wildman–Crippen MR) is 126 cm³/mol. The fourth-order valence-corrected chi connectivity index (χ4v) is 5.25. The first kappa shape index (κ1) is 23.5. The molecule has 0 saturated carbocycles. The number of benzene rings is 2. The van der Waals surface area contributed by atoms with Crippen LogP contribution in [0.15, 0.2) is 65.6 Å². The highest BCUT2D eigenvalue weighted by atomic mass is 32.2. The molecule has 0 spiro atoms. The summed E-state index contributed by atoms with van der Waals surface area (Å²) in [6.45, 7) is 0.0196. The zero-order valence-corrected chi connectivity index (χ0v) is 19.4. The Hall–Kier alpha value is -3.66. The second kappa shape index (κ2) is 9.68. The Kier molecular flexibility index (Phi) is 6.69. The van der Waals surface area contributed by atoms with E-state index in [9.17, 15) is 22.8 Å². The van der Waals surface area contributed by atoms with Gasteiger partial charge >= 0.3 is 0 Å². The summed E-state index contributed by atoms with van der Waals surface area (Å²) in [5.41, 5.74) is 0.710. The van der Waals surface area contributed by atoms with Gasteiger partial charge < -0.3 is 10.1 Å². The van der Waals surface area contributed by atoms with Crippen molar-refractivity contribution in [3.05, 3.63) is 60.7 Å². The van der Waals surface area contributed by atoms with E-state index in [1.807, 2.05) is 12.2 Å². The lowest BCUT2D eigenvalue weighted by Crippen LogP contribution is -2.34. The number of likely N-dealkylation sites (tertiary alicyclic amines) is 1. The van der Waals surface area contributed by atoms with Crippen molar-refractivity contribution in [2.75, 3.05) is 23.7 Å². The van der Waals surface area contributed by atoms with E-state index >= 15 is 0 Å². The number of carbonyl (C=O) groups excluding carboxylic acids is 3. The van der Waals surface area contributed by atoms with Crippen LogP contribution in [0.3, 0.4) is 0 Å². The number of rotatable bonds is 8. The van der Waals surface area contributed by atoms with Crippen LogP contribution in [0.4, 0.5) is 11.4 Å². The molecule has 1 aliphatic heterocycles. The highest BCUT2D eigenvalue weighted by molar-refractivity contribution is 7.92. The van der Waals surface area contributed by atoms with Gasteiger partial charge in [-0.3, -0.25) is 24.0 Å². The average Bonchev–Trinajstić information content (AvgIpc) is 3.08. The Morgan fingerprint density at radius 3 is 2.24 bits per heavy atom. The molecule has 2 aliphatic rings. The largest absolute Gasteiger partial charge is 0.495 e. The topological polar surface area (TPSA) is 122 Å². The van der Waals surface area contributed by atoms with Crippen molar-refractivity contribution in [2.45, 2.75) is 24.2 Å². The Labute approximate surface area is 197 Å². The first-order chi connectivity index (χ1) is 16.3. The lowest BCUT2D eigenvalue weighted by atomic mass is 9.85. The number of hydrogen-bond donors (Lipinski definition) is 2. The van der Waals surface area contributed by atoms with E-state index in [4.69, 9.17) is 4.74 Å². The second-order valence-corrected chi connectivity index (χ2v) is 9.79. The van der Waals surface area contributed by atoms with Crippen molar-refractivity contribution in [3.63, 3.8) is 0 Å². The summed E-state index contributed by atoms with van der Waals surface area (Å²) < 4.78 is 33.0. The number of nitrogens with one attached hydrogen (secondary N) is 2. The van der Waals surface area contributed by atoms with Gasteiger partial charge in [-0.15, -0.1) is 0 Å². The summed E-state index contributed by atoms with van der Waals surface area (Å²) in [6.07, 6.45) is 4.90. The minimum absolute atomic E-state index is 0.0147. The molecule has 1 aliphatic carbocycles. The molecule has 2 N–H and O–H groups in total. The molecule has 2 aromatic rings. The fraction of sp³-hybridized carbons (Fsp3) is 0.292. The van der Waals surface area contributed by atoms with Crippen LogP contribution < -0.4 is 14.8 Å². The van der Waals surface area contributed by atoms with E-state index in [1.165, 1.54) is 36.3 Å². The Morgan fingerprint density at radius 2 is 1.62 bits per heavy atom. The van der Waals surface area contributed by atoms with E-state index < -0.39 is 10.0 Å². The van der Waals surface area contributed by atoms with Gasteiger partial charge in [-0.25, -0.2) is 8.42 Å². The van der Waals surface area contributed by atoms with Crippen LogP contribution in [-0.2, 0) is 24.4 Å². The number of fused-ring (bicyclic) bond motifs is 1. The number of hydrogen-bond acceptors (Lipinski definition) is 6. The Morgan fingerprint density at radius 1 is 1.00 bits per heavy atom. The number of para-hydroxylation sites is 2. The van der Waals surface area contributed by atoms with E-state index in [1.54, 1.807) is 24.3 Å². The van der Waals surface area contributed by atoms with Crippen molar-refractivity contribution >= 4 is 39.1 Å². The maximum absolute atomic E-state index is 12.7. The summed E-state index contributed by atoms with van der Waals surface area (Å²) in [5.74, 6) is -1.07. The minimum Gasteiger partial charge on any atom is -0.495 e. The molecule has 2 aromatic carbocycles. The maximum Gasteiger partial charge on any atom is 0.262 e. The first-order valence-electron chi connectivity index (χ1n) is 10.9. The molecule has 1 saturated heterocycles. The molecule has 1 heterocycles. The lowest BCUT2D eigenvalue weighted by Gasteiger charge is -2.14. The molecule has 0 unspecified atom stereocenters. The van der Waals surface area contributed by atoms with Gasteiger partial charge in [0.25, 0.3) is 10.0 Å². The minimum atomic E-state index is -3.86. The molecule has 1 fully saturated rings. The number of imide groups is 1. The maximum atomic E-state index is 12.7. The smallest absolute Gasteiger partial charge is 0.262 e. The monoisotopic (exact) mass is 483 g/mol. The summed E-state index contributed by atoms with van der Waals surface area (Å²) in [6, 6.07) is 12.3. The predicted octanol–water partition coefficient (Wildman–Crippen LogP) is 2.78. The molecule has 0 radical (unpaired) electrons. The fourth-order valence-electron chi connectivity index (χ4n) is 4.18. The lowest BCUT2D eigenvalue weighted by molar-refractivity contribution is -0.140. The van der Waals surface area contributed by atoms with E-state index in [0.29, 0.717) is 30.0 Å². The van der Waals surface area contributed by atoms with Gasteiger partial charge in [0.05, 0.1) is 29.5 Å². The van der Waals surface area contributed by atoms with Gasteiger partial charge in [0.2, 0.25) is 17.7 Å². The number of sulfonamides is 1. The summed E-state index contributed by atoms with van der Waals surface area (Å²) in [7, 11) is -2.42. The standard InChI is InChI=1S/C24H25N3O6S/c1-33-21-9-5-4-8-20(21)26-34(31,32)17-12-10-16(11-13-17)25-22(28)14-15-27-23(29)18-6-2-3-7-19(18)24(27)30/h2-5,8-13,18-19,26H,6-7,14-15H2,1H3,(H,25,28)/t18-,19-/m1/s1. The number of carbonyl (C=O) groups is 3. The van der Waals surface area contributed by atoms with Gasteiger partial charge in [-0.05, 0) is 49.2 Å². The summed E-state index contributed by atoms with van der Waals surface area (Å²) in [5, 5.41) is 2.67. The first-order valence-corrected chi connectivity index (χ1v) is 12.3. The summed E-state index contributed by atoms with van der Waals surface area (Å²) >= 11 is 0. The van der Waals surface area contributed by atoms with E-state index in [-0.39, 0.29) is 47.4 Å². The molecule has 34 heavy (non-hydrogen) atoms. The molecule has 0 bridgehead atoms. The molecule has 0 aromatic heterocycles. The number of anilines is 2. The van der Waals surface area contributed by atoms with Gasteiger partial charge in [0.15, 0.2) is 0 Å². The van der Waals surface area contributed by atoms with Gasteiger partial charge in [-0.2, -0.15) is 0 Å². The number of ether oxygens (including phenoxy) is 1. The van der Waals surface area contributed by atoms with Gasteiger partial charge in [0, 0.05) is 18.7 Å². The van der Waals surface area contributed by atoms with Crippen LogP contribution in [-0.4, -0.2) is 44.7 Å². The second-order valence-electron chi connectivity index (χ2n) is 8.11. The molecule has 2 atom stereocenters. The van der Waals surface area contributed by atoms with Crippen LogP contribution in [0.25, 0.3) is 0 Å². The SMILES string of the molecule is COc1ccccc1NS(=O)(=O)c1ccc(NC(=O)CCN2C(=O)[C@@H]3CC=CC[C@H]3C2=O)cc1. The zero-order valence-electron chi connectivity index (χ0n) is 18.6. The zero-order chi connectivity index (χ0) is 24.3. The molecule has 4 rings (SSSR count). The third-order valence-corrected chi connectivity index (χ3v) is 7.34. The van der Waals surface area contributed by atoms with Crippen molar-refractivity contribution in [2.24, 2.45) is 11.8 Å². The van der Waals surface area contributed by atoms with Gasteiger partial charge in [-0.1, -0.05) is 24.3 Å². The Balaban J connectivity index is 1.34. The molecular formula is C24H25N3O6S.